The minimum Gasteiger partial charge on any atom is -0.450 e. The summed E-state index contributed by atoms with van der Waals surface area (Å²) in [7, 11) is 0. The topological polar surface area (TPSA) is 85.4 Å². The smallest absolute Gasteiger partial charge is 0.357 e. The molecule has 1 atom stereocenters. The van der Waals surface area contributed by atoms with Crippen LogP contribution in [0, 0.1) is 0 Å². The number of rotatable bonds is 5. The second-order valence-corrected chi connectivity index (χ2v) is 4.89. The Morgan fingerprint density at radius 2 is 1.78 bits per heavy atom. The zero-order valence-corrected chi connectivity index (χ0v) is 12.8. The van der Waals surface area contributed by atoms with Crippen molar-refractivity contribution in [1.29, 1.82) is 0 Å². The van der Waals surface area contributed by atoms with Gasteiger partial charge in [0.2, 0.25) is 11.7 Å². The first-order chi connectivity index (χ1) is 11.0. The van der Waals surface area contributed by atoms with Gasteiger partial charge in [-0.05, 0) is 43.3 Å². The molecule has 6 nitrogen and oxygen atoms in total. The van der Waals surface area contributed by atoms with Gasteiger partial charge >= 0.3 is 5.97 Å². The third-order valence-electron chi connectivity index (χ3n) is 3.02. The number of carbonyl (C=O) groups is 3. The number of ether oxygens (including phenoxy) is 1. The molecule has 23 heavy (non-hydrogen) atoms. The molecule has 1 aromatic heterocycles. The van der Waals surface area contributed by atoms with E-state index in [2.05, 4.69) is 10.3 Å². The first-order valence-electron chi connectivity index (χ1n) is 7.01. The number of nitrogens with one attached hydrogen (secondary N) is 1. The minimum atomic E-state index is -0.934. The quantitative estimate of drug-likeness (QED) is 0.677. The molecule has 0 aliphatic heterocycles. The number of hydrogen-bond acceptors (Lipinski definition) is 5. The molecule has 2 rings (SSSR count). The molecule has 0 spiro atoms. The van der Waals surface area contributed by atoms with Gasteiger partial charge in [0, 0.05) is 24.4 Å². The van der Waals surface area contributed by atoms with E-state index in [9.17, 15) is 14.4 Å². The summed E-state index contributed by atoms with van der Waals surface area (Å²) in [5.41, 5.74) is 1.13. The summed E-state index contributed by atoms with van der Waals surface area (Å²) in [5, 5.41) is 2.61. The molecule has 1 aromatic carbocycles. The fourth-order valence-corrected chi connectivity index (χ4v) is 1.91. The largest absolute Gasteiger partial charge is 0.450 e. The van der Waals surface area contributed by atoms with Crippen molar-refractivity contribution >= 4 is 23.3 Å². The maximum absolute atomic E-state index is 12.3. The number of amides is 1. The number of Topliss-reactive ketones (excluding diaryl/α,β-unsaturated/α-hetero) is 1. The van der Waals surface area contributed by atoms with Crippen LogP contribution in [0.25, 0.3) is 0 Å². The van der Waals surface area contributed by atoms with Crippen LogP contribution in [0.3, 0.4) is 0 Å². The average Bonchev–Trinajstić information content (AvgIpc) is 2.55. The van der Waals surface area contributed by atoms with Crippen molar-refractivity contribution in [1.82, 2.24) is 4.98 Å². The SMILES string of the molecule is CC(=O)Nc1ccc(C(=O)[C@@H](C)OC(=O)c2ccccn2)cc1. The Morgan fingerprint density at radius 3 is 2.35 bits per heavy atom. The van der Waals surface area contributed by atoms with Gasteiger partial charge in [0.1, 0.15) is 5.69 Å². The van der Waals surface area contributed by atoms with Crippen LogP contribution in [-0.4, -0.2) is 28.7 Å². The third kappa shape index (κ3) is 4.47. The van der Waals surface area contributed by atoms with Crippen LogP contribution in [0.2, 0.25) is 0 Å². The van der Waals surface area contributed by atoms with Crippen molar-refractivity contribution in [3.8, 4) is 0 Å². The Hall–Kier alpha value is -3.02. The summed E-state index contributed by atoms with van der Waals surface area (Å²) in [4.78, 5) is 39.0. The number of carbonyl (C=O) groups excluding carboxylic acids is 3. The second kappa shape index (κ2) is 7.31. The van der Waals surface area contributed by atoms with E-state index in [0.29, 0.717) is 11.3 Å². The van der Waals surface area contributed by atoms with Gasteiger partial charge in [-0.25, -0.2) is 9.78 Å². The fourth-order valence-electron chi connectivity index (χ4n) is 1.91. The van der Waals surface area contributed by atoms with E-state index in [4.69, 9.17) is 4.74 Å². The highest BCUT2D eigenvalue weighted by Gasteiger charge is 2.20. The highest BCUT2D eigenvalue weighted by molar-refractivity contribution is 6.01. The Balaban J connectivity index is 2.02. The van der Waals surface area contributed by atoms with Gasteiger partial charge in [-0.15, -0.1) is 0 Å². The second-order valence-electron chi connectivity index (χ2n) is 4.89. The molecule has 0 aliphatic carbocycles. The van der Waals surface area contributed by atoms with Crippen molar-refractivity contribution in [3.63, 3.8) is 0 Å². The lowest BCUT2D eigenvalue weighted by Gasteiger charge is -2.12. The maximum atomic E-state index is 12.3. The summed E-state index contributed by atoms with van der Waals surface area (Å²) in [5.74, 6) is -1.17. The molecule has 1 heterocycles. The summed E-state index contributed by atoms with van der Waals surface area (Å²) in [6.45, 7) is 2.91. The third-order valence-corrected chi connectivity index (χ3v) is 3.02. The van der Waals surface area contributed by atoms with Gasteiger partial charge in [-0.1, -0.05) is 6.07 Å². The lowest BCUT2D eigenvalue weighted by molar-refractivity contribution is -0.114. The normalized spacial score (nSPS) is 11.4. The molecule has 6 heteroatoms. The standard InChI is InChI=1S/C17H16N2O4/c1-11(23-17(22)15-5-3-4-10-18-15)16(21)13-6-8-14(9-7-13)19-12(2)20/h3-11H,1-2H3,(H,19,20)/t11-/m1/s1. The minimum absolute atomic E-state index is 0.146. The number of benzene rings is 1. The van der Waals surface area contributed by atoms with E-state index in [1.165, 1.54) is 26.1 Å². The molecule has 0 bridgehead atoms. The van der Waals surface area contributed by atoms with Gasteiger partial charge in [0.05, 0.1) is 0 Å². The Labute approximate surface area is 133 Å². The van der Waals surface area contributed by atoms with E-state index in [1.54, 1.807) is 36.4 Å². The number of anilines is 1. The van der Waals surface area contributed by atoms with Gasteiger partial charge in [-0.2, -0.15) is 0 Å². The lowest BCUT2D eigenvalue weighted by Crippen LogP contribution is -2.24. The van der Waals surface area contributed by atoms with Gasteiger partial charge in [0.15, 0.2) is 6.10 Å². The summed E-state index contributed by atoms with van der Waals surface area (Å²) < 4.78 is 5.13. The molecule has 1 N–H and O–H groups in total. The molecular weight excluding hydrogens is 296 g/mol. The van der Waals surface area contributed by atoms with Crippen molar-refractivity contribution in [2.75, 3.05) is 5.32 Å². The molecule has 0 saturated carbocycles. The monoisotopic (exact) mass is 312 g/mol. The van der Waals surface area contributed by atoms with Gasteiger partial charge in [-0.3, -0.25) is 9.59 Å². The molecule has 2 aromatic rings. The highest BCUT2D eigenvalue weighted by atomic mass is 16.5. The van der Waals surface area contributed by atoms with Crippen LogP contribution in [-0.2, 0) is 9.53 Å². The van der Waals surface area contributed by atoms with Crippen LogP contribution < -0.4 is 5.32 Å². The maximum Gasteiger partial charge on any atom is 0.357 e. The molecule has 0 unspecified atom stereocenters. The van der Waals surface area contributed by atoms with Gasteiger partial charge in [0.25, 0.3) is 0 Å². The number of ketones is 1. The Bertz CT molecular complexity index is 711. The van der Waals surface area contributed by atoms with Crippen LogP contribution >= 0.6 is 0 Å². The zero-order valence-electron chi connectivity index (χ0n) is 12.8. The molecule has 0 fully saturated rings. The molecule has 0 saturated heterocycles. The van der Waals surface area contributed by atoms with Crippen LogP contribution in [0.5, 0.6) is 0 Å². The zero-order chi connectivity index (χ0) is 16.8. The van der Waals surface area contributed by atoms with Crippen molar-refractivity contribution < 1.29 is 19.1 Å². The van der Waals surface area contributed by atoms with Gasteiger partial charge < -0.3 is 10.1 Å². The fraction of sp³-hybridized carbons (Fsp3) is 0.176. The molecule has 0 radical (unpaired) electrons. The van der Waals surface area contributed by atoms with E-state index < -0.39 is 12.1 Å². The van der Waals surface area contributed by atoms with Crippen LogP contribution in [0.1, 0.15) is 34.7 Å². The number of pyridine rings is 1. The predicted molar refractivity (Wildman–Crippen MR) is 84.2 cm³/mol. The molecule has 1 amide bonds. The number of hydrogen-bond donors (Lipinski definition) is 1. The summed E-state index contributed by atoms with van der Waals surface area (Å²) in [6, 6.07) is 11.2. The van der Waals surface area contributed by atoms with Crippen molar-refractivity contribution in [3.05, 3.63) is 59.9 Å². The van der Waals surface area contributed by atoms with Crippen LogP contribution in [0.4, 0.5) is 5.69 Å². The molecular formula is C17H16N2O4. The van der Waals surface area contributed by atoms with Crippen molar-refractivity contribution in [2.24, 2.45) is 0 Å². The predicted octanol–water partition coefficient (Wildman–Crippen LogP) is 2.47. The Kier molecular flexibility index (Phi) is 5.19. The lowest BCUT2D eigenvalue weighted by atomic mass is 10.1. The van der Waals surface area contributed by atoms with Crippen molar-refractivity contribution in [2.45, 2.75) is 20.0 Å². The van der Waals surface area contributed by atoms with E-state index in [1.807, 2.05) is 0 Å². The first-order valence-corrected chi connectivity index (χ1v) is 7.01. The number of nitrogens with zero attached hydrogens (tertiary/aromatic N) is 1. The number of esters is 1. The summed E-state index contributed by atoms with van der Waals surface area (Å²) >= 11 is 0. The molecule has 0 aliphatic rings. The summed E-state index contributed by atoms with van der Waals surface area (Å²) in [6.07, 6.45) is 0.542. The highest BCUT2D eigenvalue weighted by Crippen LogP contribution is 2.13. The average molecular weight is 312 g/mol. The van der Waals surface area contributed by atoms with Crippen LogP contribution in [0.15, 0.2) is 48.7 Å². The Morgan fingerprint density at radius 1 is 1.09 bits per heavy atom. The molecule has 118 valence electrons. The van der Waals surface area contributed by atoms with E-state index >= 15 is 0 Å². The first kappa shape index (κ1) is 16.4. The van der Waals surface area contributed by atoms with E-state index in [-0.39, 0.29) is 17.4 Å². The number of aromatic nitrogens is 1. The van der Waals surface area contributed by atoms with E-state index in [0.717, 1.165) is 0 Å².